The number of halogens is 1. The fourth-order valence-corrected chi connectivity index (χ4v) is 8.40. The molecule has 0 N–H and O–H groups in total. The van der Waals surface area contributed by atoms with E-state index in [0.717, 1.165) is 27.2 Å². The average Bonchev–Trinajstić information content (AvgIpc) is 2.72. The van der Waals surface area contributed by atoms with Gasteiger partial charge in [-0.25, -0.2) is 0 Å². The molecule has 0 atom stereocenters. The van der Waals surface area contributed by atoms with E-state index in [1.54, 1.807) is 21.3 Å². The monoisotopic (exact) mass is 404 g/mol. The Morgan fingerprint density at radius 3 is 1.52 bits per heavy atom. The Balaban J connectivity index is 0.00000261. The summed E-state index contributed by atoms with van der Waals surface area (Å²) in [7, 11) is 1.49. The second kappa shape index (κ2) is 8.41. The smallest absolute Gasteiger partial charge is 0.147 e. The van der Waals surface area contributed by atoms with Crippen LogP contribution in [0.3, 0.4) is 0 Å². The summed E-state index contributed by atoms with van der Waals surface area (Å²) in [5, 5.41) is 2.93. The molecule has 0 aliphatic heterocycles. The van der Waals surface area contributed by atoms with Crippen LogP contribution in [0.4, 0.5) is 0 Å². The van der Waals surface area contributed by atoms with Crippen LogP contribution in [-0.4, -0.2) is 21.3 Å². The molecule has 3 aromatic carbocycles. The number of benzene rings is 3. The number of methoxy groups -OCH3 is 1. The number of rotatable bonds is 6. The first-order chi connectivity index (χ1) is 12.6. The molecule has 0 aliphatic rings. The van der Waals surface area contributed by atoms with Gasteiger partial charge in [0, 0.05) is 0 Å². The van der Waals surface area contributed by atoms with Gasteiger partial charge in [-0.1, -0.05) is 0 Å². The van der Waals surface area contributed by atoms with Gasteiger partial charge in [-0.2, -0.15) is 0 Å². The molecular formula is C22H26ClO3P. The van der Waals surface area contributed by atoms with E-state index >= 15 is 0 Å². The van der Waals surface area contributed by atoms with Gasteiger partial charge in [-0.3, -0.25) is 0 Å². The molecule has 0 fully saturated rings. The summed E-state index contributed by atoms with van der Waals surface area (Å²) in [5.41, 5.74) is 1.04. The second-order valence-corrected chi connectivity index (χ2v) is 10.3. The SMILES string of the molecule is COc1c(C)cccc1P(OC)(OC)(c1ccccc1)c1ccccc1.Cl. The summed E-state index contributed by atoms with van der Waals surface area (Å²) in [5.74, 6) is 0.793. The molecule has 0 aliphatic carbocycles. The molecule has 0 bridgehead atoms. The zero-order valence-electron chi connectivity index (χ0n) is 16.1. The van der Waals surface area contributed by atoms with Crippen molar-refractivity contribution in [1.29, 1.82) is 0 Å². The van der Waals surface area contributed by atoms with Crippen LogP contribution in [0.2, 0.25) is 0 Å². The number of ether oxygens (including phenoxy) is 1. The molecule has 3 nitrogen and oxygen atoms in total. The van der Waals surface area contributed by atoms with E-state index < -0.39 is 7.06 Å². The van der Waals surface area contributed by atoms with Gasteiger partial charge in [-0.15, -0.1) is 12.4 Å². The van der Waals surface area contributed by atoms with Crippen molar-refractivity contribution in [3.63, 3.8) is 0 Å². The van der Waals surface area contributed by atoms with E-state index in [0.29, 0.717) is 0 Å². The van der Waals surface area contributed by atoms with E-state index in [1.807, 2.05) is 55.5 Å². The van der Waals surface area contributed by atoms with Crippen molar-refractivity contribution >= 4 is 35.4 Å². The van der Waals surface area contributed by atoms with Gasteiger partial charge in [0.25, 0.3) is 0 Å². The fourth-order valence-electron chi connectivity index (χ4n) is 3.74. The molecule has 27 heavy (non-hydrogen) atoms. The summed E-state index contributed by atoms with van der Waals surface area (Å²) < 4.78 is 18.7. The second-order valence-electron chi connectivity index (χ2n) is 6.12. The van der Waals surface area contributed by atoms with Crippen LogP contribution in [0.5, 0.6) is 5.75 Å². The Kier molecular flexibility index (Phi) is 6.67. The van der Waals surface area contributed by atoms with E-state index in [1.165, 1.54) is 0 Å². The molecule has 3 aromatic rings. The number of aryl methyl sites for hydroxylation is 1. The summed E-state index contributed by atoms with van der Waals surface area (Å²) in [6.07, 6.45) is 0. The van der Waals surface area contributed by atoms with Crippen molar-refractivity contribution in [2.75, 3.05) is 21.3 Å². The third kappa shape index (κ3) is 3.05. The minimum atomic E-state index is -3.65. The van der Waals surface area contributed by atoms with Crippen molar-refractivity contribution < 1.29 is 13.8 Å². The maximum absolute atomic E-state index is 6.46. The van der Waals surface area contributed by atoms with Gasteiger partial charge in [-0.05, 0) is 0 Å². The van der Waals surface area contributed by atoms with Crippen LogP contribution in [0.25, 0.3) is 0 Å². The third-order valence-corrected chi connectivity index (χ3v) is 10.1. The molecule has 0 saturated heterocycles. The molecule has 3 rings (SSSR count). The van der Waals surface area contributed by atoms with Gasteiger partial charge in [0.05, 0.1) is 0 Å². The number of hydrogen-bond donors (Lipinski definition) is 0. The Hall–Kier alpha value is -1.90. The van der Waals surface area contributed by atoms with Crippen molar-refractivity contribution in [3.05, 3.63) is 84.4 Å². The van der Waals surface area contributed by atoms with Crippen molar-refractivity contribution in [2.45, 2.75) is 6.92 Å². The van der Waals surface area contributed by atoms with Crippen LogP contribution in [0, 0.1) is 6.92 Å². The van der Waals surface area contributed by atoms with Gasteiger partial charge < -0.3 is 0 Å². The normalized spacial score (nSPS) is 12.5. The standard InChI is InChI=1S/C22H25O3P.ClH/c1-18-12-11-17-21(22(18)23-2)26(24-3,25-4,19-13-7-5-8-14-19)20-15-9-6-10-16-20;/h5-17H,1-4H3;1H. The Morgan fingerprint density at radius 2 is 1.11 bits per heavy atom. The molecule has 0 heterocycles. The molecule has 144 valence electrons. The van der Waals surface area contributed by atoms with Gasteiger partial charge in [0.15, 0.2) is 0 Å². The van der Waals surface area contributed by atoms with Gasteiger partial charge in [0.2, 0.25) is 0 Å². The topological polar surface area (TPSA) is 27.7 Å². The minimum absolute atomic E-state index is 0. The van der Waals surface area contributed by atoms with Gasteiger partial charge in [0.1, 0.15) is 0 Å². The first kappa shape index (κ1) is 21.4. The fraction of sp³-hybridized carbons (Fsp3) is 0.182. The molecule has 0 radical (unpaired) electrons. The molecule has 0 aromatic heterocycles. The first-order valence-electron chi connectivity index (χ1n) is 8.53. The summed E-state index contributed by atoms with van der Waals surface area (Å²) in [4.78, 5) is 0. The quantitative estimate of drug-likeness (QED) is 0.571. The maximum Gasteiger partial charge on any atom is -0.147 e. The van der Waals surface area contributed by atoms with Crippen molar-refractivity contribution in [1.82, 2.24) is 0 Å². The van der Waals surface area contributed by atoms with E-state index in [2.05, 4.69) is 30.3 Å². The van der Waals surface area contributed by atoms with Crippen LogP contribution < -0.4 is 20.7 Å². The summed E-state index contributed by atoms with van der Waals surface area (Å²) >= 11 is 0. The predicted molar refractivity (Wildman–Crippen MR) is 118 cm³/mol. The molecule has 5 heteroatoms. The van der Waals surface area contributed by atoms with Gasteiger partial charge >= 0.3 is 155 Å². The Bertz CT molecular complexity index is 837. The zero-order valence-corrected chi connectivity index (χ0v) is 17.8. The average molecular weight is 405 g/mol. The maximum atomic E-state index is 6.46. The predicted octanol–water partition coefficient (Wildman–Crippen LogP) is 4.38. The van der Waals surface area contributed by atoms with E-state index in [-0.39, 0.29) is 12.4 Å². The van der Waals surface area contributed by atoms with Crippen LogP contribution in [-0.2, 0) is 9.05 Å². The molecular weight excluding hydrogens is 379 g/mol. The van der Waals surface area contributed by atoms with Crippen molar-refractivity contribution in [2.24, 2.45) is 0 Å². The minimum Gasteiger partial charge on any atom is -0.147 e. The molecule has 0 unspecified atom stereocenters. The van der Waals surface area contributed by atoms with E-state index in [9.17, 15) is 0 Å². The first-order valence-corrected chi connectivity index (χ1v) is 10.6. The Labute approximate surface area is 167 Å². The summed E-state index contributed by atoms with van der Waals surface area (Å²) in [6.45, 7) is 2.04. The van der Waals surface area contributed by atoms with Crippen molar-refractivity contribution in [3.8, 4) is 5.75 Å². The van der Waals surface area contributed by atoms with Crippen LogP contribution in [0.15, 0.2) is 78.9 Å². The molecule has 0 saturated carbocycles. The third-order valence-electron chi connectivity index (χ3n) is 4.98. The van der Waals surface area contributed by atoms with Crippen LogP contribution in [0.1, 0.15) is 5.56 Å². The Morgan fingerprint density at radius 1 is 0.630 bits per heavy atom. The zero-order chi connectivity index (χ0) is 18.6. The van der Waals surface area contributed by atoms with E-state index in [4.69, 9.17) is 13.8 Å². The summed E-state index contributed by atoms with van der Waals surface area (Å²) in [6, 6.07) is 26.4. The number of hydrogen-bond acceptors (Lipinski definition) is 3. The molecule has 0 spiro atoms. The van der Waals surface area contributed by atoms with Crippen LogP contribution >= 0.6 is 19.5 Å². The largest absolute Gasteiger partial charge is 0.147 e. The number of para-hydroxylation sites is 1. The molecule has 0 amide bonds.